The highest BCUT2D eigenvalue weighted by Crippen LogP contribution is 2.27. The van der Waals surface area contributed by atoms with Gasteiger partial charge in [0.05, 0.1) is 10.5 Å². The van der Waals surface area contributed by atoms with E-state index in [2.05, 4.69) is 9.71 Å². The lowest BCUT2D eigenvalue weighted by atomic mass is 10.1. The van der Waals surface area contributed by atoms with E-state index in [1.165, 1.54) is 36.6 Å². The number of thiazole rings is 1. The summed E-state index contributed by atoms with van der Waals surface area (Å²) in [5.74, 6) is -1.24. The Morgan fingerprint density at radius 2 is 2.05 bits per heavy atom. The van der Waals surface area contributed by atoms with E-state index in [4.69, 9.17) is 16.7 Å². The Morgan fingerprint density at radius 3 is 2.57 bits per heavy atom. The normalized spacial score (nSPS) is 11.4. The average Bonchev–Trinajstić information content (AvgIpc) is 2.76. The van der Waals surface area contributed by atoms with Crippen molar-refractivity contribution in [1.82, 2.24) is 4.98 Å². The number of hydrogen-bond donors (Lipinski definition) is 2. The fourth-order valence-corrected chi connectivity index (χ4v) is 4.21. The molecule has 0 spiro atoms. The number of halogens is 1. The van der Waals surface area contributed by atoms with E-state index in [-0.39, 0.29) is 26.2 Å². The quantitative estimate of drug-likeness (QED) is 0.887. The molecule has 112 valence electrons. The molecule has 0 bridgehead atoms. The fraction of sp³-hybridized carbons (Fsp3) is 0.167. The van der Waals surface area contributed by atoms with Crippen LogP contribution in [0.3, 0.4) is 0 Å². The topological polar surface area (TPSA) is 96.4 Å². The zero-order valence-corrected chi connectivity index (χ0v) is 13.4. The Kier molecular flexibility index (Phi) is 4.22. The van der Waals surface area contributed by atoms with Gasteiger partial charge in [-0.05, 0) is 31.5 Å². The van der Waals surface area contributed by atoms with Crippen LogP contribution in [0.15, 0.2) is 23.2 Å². The van der Waals surface area contributed by atoms with E-state index >= 15 is 0 Å². The maximum atomic E-state index is 12.4. The molecule has 1 aromatic heterocycles. The number of carboxylic acids is 1. The maximum Gasteiger partial charge on any atom is 0.336 e. The van der Waals surface area contributed by atoms with Gasteiger partial charge >= 0.3 is 5.97 Å². The number of aryl methyl sites for hydroxylation is 1. The molecule has 1 aromatic carbocycles. The van der Waals surface area contributed by atoms with Gasteiger partial charge in [-0.15, -0.1) is 11.3 Å². The van der Waals surface area contributed by atoms with Crippen LogP contribution in [0, 0.1) is 13.8 Å². The third kappa shape index (κ3) is 3.34. The van der Waals surface area contributed by atoms with Crippen molar-refractivity contribution in [3.8, 4) is 0 Å². The van der Waals surface area contributed by atoms with Crippen molar-refractivity contribution >= 4 is 44.1 Å². The van der Waals surface area contributed by atoms with Gasteiger partial charge in [0.1, 0.15) is 0 Å². The van der Waals surface area contributed by atoms with E-state index < -0.39 is 16.0 Å². The molecule has 6 nitrogen and oxygen atoms in total. The van der Waals surface area contributed by atoms with Crippen molar-refractivity contribution in [3.05, 3.63) is 39.4 Å². The molecule has 0 fully saturated rings. The van der Waals surface area contributed by atoms with Crippen molar-refractivity contribution in [2.75, 3.05) is 4.72 Å². The Balaban J connectivity index is 2.52. The number of rotatable bonds is 4. The number of nitrogens with zero attached hydrogens (tertiary/aromatic N) is 1. The van der Waals surface area contributed by atoms with Gasteiger partial charge in [0, 0.05) is 16.1 Å². The lowest BCUT2D eigenvalue weighted by Crippen LogP contribution is -2.16. The molecule has 0 aliphatic rings. The lowest BCUT2D eigenvalue weighted by Gasteiger charge is -2.11. The molecule has 21 heavy (non-hydrogen) atoms. The van der Waals surface area contributed by atoms with Crippen LogP contribution in [0.25, 0.3) is 0 Å². The molecule has 2 aromatic rings. The minimum atomic E-state index is -3.96. The first-order valence-electron chi connectivity index (χ1n) is 5.69. The maximum absolute atomic E-state index is 12.4. The van der Waals surface area contributed by atoms with Gasteiger partial charge in [0.15, 0.2) is 5.13 Å². The van der Waals surface area contributed by atoms with Crippen LogP contribution in [0.5, 0.6) is 0 Å². The Bertz CT molecular complexity index is 815. The third-order valence-corrected chi connectivity index (χ3v) is 5.33. The number of carbonyl (C=O) groups is 1. The number of aromatic nitrogens is 1. The molecule has 2 N–H and O–H groups in total. The number of hydrogen-bond acceptors (Lipinski definition) is 5. The second-order valence-corrected chi connectivity index (χ2v) is 7.59. The van der Waals surface area contributed by atoms with Crippen LogP contribution in [0.1, 0.15) is 20.8 Å². The highest BCUT2D eigenvalue weighted by Gasteiger charge is 2.23. The monoisotopic (exact) mass is 346 g/mol. The molecule has 0 amide bonds. The molecule has 0 aliphatic carbocycles. The SMILES string of the molecule is Cc1cnc(NS(=O)(=O)c2cc(Cl)cc(C(=O)O)c2C)s1. The largest absolute Gasteiger partial charge is 0.478 e. The number of carboxylic acid groups (broad SMARTS) is 1. The third-order valence-electron chi connectivity index (χ3n) is 2.69. The molecule has 0 saturated heterocycles. The van der Waals surface area contributed by atoms with E-state index in [0.29, 0.717) is 0 Å². The van der Waals surface area contributed by atoms with Crippen LogP contribution in [-0.2, 0) is 10.0 Å². The minimum absolute atomic E-state index is 0.0358. The van der Waals surface area contributed by atoms with Gasteiger partial charge in [-0.3, -0.25) is 4.72 Å². The van der Waals surface area contributed by atoms with Gasteiger partial charge in [0.25, 0.3) is 10.0 Å². The molecule has 0 aliphatic heterocycles. The van der Waals surface area contributed by atoms with Gasteiger partial charge < -0.3 is 5.11 Å². The summed E-state index contributed by atoms with van der Waals surface area (Å²) < 4.78 is 27.0. The molecule has 1 heterocycles. The van der Waals surface area contributed by atoms with E-state index in [1.54, 1.807) is 6.92 Å². The smallest absolute Gasteiger partial charge is 0.336 e. The van der Waals surface area contributed by atoms with Crippen LogP contribution >= 0.6 is 22.9 Å². The number of nitrogens with one attached hydrogen (secondary N) is 1. The van der Waals surface area contributed by atoms with Crippen molar-refractivity contribution in [2.24, 2.45) is 0 Å². The van der Waals surface area contributed by atoms with Crippen molar-refractivity contribution in [1.29, 1.82) is 0 Å². The molecule has 0 atom stereocenters. The van der Waals surface area contributed by atoms with Crippen LogP contribution in [0.4, 0.5) is 5.13 Å². The summed E-state index contributed by atoms with van der Waals surface area (Å²) in [5.41, 5.74) is -0.0362. The summed E-state index contributed by atoms with van der Waals surface area (Å²) in [6.07, 6.45) is 1.54. The molecule has 0 saturated carbocycles. The van der Waals surface area contributed by atoms with Gasteiger partial charge in [-0.1, -0.05) is 11.6 Å². The molecule has 0 radical (unpaired) electrons. The Hall–Kier alpha value is -1.64. The summed E-state index contributed by atoms with van der Waals surface area (Å²) in [6.45, 7) is 3.21. The van der Waals surface area contributed by atoms with Crippen molar-refractivity contribution in [2.45, 2.75) is 18.7 Å². The predicted molar refractivity (Wildman–Crippen MR) is 80.8 cm³/mol. The van der Waals surface area contributed by atoms with Gasteiger partial charge in [-0.25, -0.2) is 18.2 Å². The van der Waals surface area contributed by atoms with Crippen LogP contribution < -0.4 is 4.72 Å². The minimum Gasteiger partial charge on any atom is -0.478 e. The number of sulfonamides is 1. The first-order chi connectivity index (χ1) is 9.70. The van der Waals surface area contributed by atoms with Gasteiger partial charge in [0.2, 0.25) is 0 Å². The molecule has 0 unspecified atom stereocenters. The summed E-state index contributed by atoms with van der Waals surface area (Å²) >= 11 is 6.99. The summed E-state index contributed by atoms with van der Waals surface area (Å²) in [4.78, 5) is 15.7. The highest BCUT2D eigenvalue weighted by atomic mass is 35.5. The number of benzene rings is 1. The molecular weight excluding hydrogens is 336 g/mol. The zero-order valence-electron chi connectivity index (χ0n) is 11.0. The zero-order chi connectivity index (χ0) is 15.8. The van der Waals surface area contributed by atoms with E-state index in [9.17, 15) is 13.2 Å². The van der Waals surface area contributed by atoms with E-state index in [0.717, 1.165) is 4.88 Å². The fourth-order valence-electron chi connectivity index (χ4n) is 1.73. The first-order valence-corrected chi connectivity index (χ1v) is 8.37. The standard InChI is InChI=1S/C12H11ClN2O4S2/c1-6-5-14-12(20-6)15-21(18,19)10-4-8(13)3-9(7(10)2)11(16)17/h3-5H,1-2H3,(H,14,15)(H,16,17). The summed E-state index contributed by atoms with van der Waals surface area (Å²) in [7, 11) is -3.96. The second-order valence-electron chi connectivity index (χ2n) is 4.26. The number of aromatic carboxylic acids is 1. The van der Waals surface area contributed by atoms with Crippen LogP contribution in [-0.4, -0.2) is 24.5 Å². The first kappa shape index (κ1) is 15.7. The average molecular weight is 347 g/mol. The van der Waals surface area contributed by atoms with Gasteiger partial charge in [-0.2, -0.15) is 0 Å². The Morgan fingerprint density at radius 1 is 1.38 bits per heavy atom. The summed E-state index contributed by atoms with van der Waals surface area (Å²) in [5, 5.41) is 9.34. The number of anilines is 1. The lowest BCUT2D eigenvalue weighted by molar-refractivity contribution is 0.0696. The highest BCUT2D eigenvalue weighted by molar-refractivity contribution is 7.93. The Labute approximate surface area is 130 Å². The molecule has 9 heteroatoms. The second kappa shape index (κ2) is 5.63. The van der Waals surface area contributed by atoms with Crippen molar-refractivity contribution < 1.29 is 18.3 Å². The molecular formula is C12H11ClN2O4S2. The predicted octanol–water partition coefficient (Wildman–Crippen LogP) is 2.91. The van der Waals surface area contributed by atoms with Crippen LogP contribution in [0.2, 0.25) is 5.02 Å². The summed E-state index contributed by atoms with van der Waals surface area (Å²) in [6, 6.07) is 2.43. The van der Waals surface area contributed by atoms with Crippen molar-refractivity contribution in [3.63, 3.8) is 0 Å². The molecule has 2 rings (SSSR count). The van der Waals surface area contributed by atoms with E-state index in [1.807, 2.05) is 0 Å².